The first-order valence-corrected chi connectivity index (χ1v) is 11.6. The van der Waals surface area contributed by atoms with Gasteiger partial charge in [-0.1, -0.05) is 0 Å². The van der Waals surface area contributed by atoms with E-state index in [1.165, 1.54) is 12.1 Å². The predicted octanol–water partition coefficient (Wildman–Crippen LogP) is 3.59. The molecular weight excluding hydrogens is 424 g/mol. The third kappa shape index (κ3) is 3.47. The molecule has 3 aliphatic rings. The van der Waals surface area contributed by atoms with Crippen molar-refractivity contribution in [2.45, 2.75) is 18.9 Å². The Morgan fingerprint density at radius 3 is 2.64 bits per heavy atom. The molecule has 0 radical (unpaired) electrons. The lowest BCUT2D eigenvalue weighted by Gasteiger charge is -2.27. The highest BCUT2D eigenvalue weighted by Gasteiger charge is 2.41. The molecule has 6 rings (SSSR count). The molecule has 0 N–H and O–H groups in total. The van der Waals surface area contributed by atoms with Crippen LogP contribution >= 0.6 is 0 Å². The van der Waals surface area contributed by atoms with Gasteiger partial charge in [-0.05, 0) is 62.1 Å². The summed E-state index contributed by atoms with van der Waals surface area (Å²) in [4.78, 5) is 19.8. The van der Waals surface area contributed by atoms with Gasteiger partial charge in [-0.15, -0.1) is 0 Å². The molecule has 0 spiro atoms. The number of hydrogen-bond donors (Lipinski definition) is 0. The summed E-state index contributed by atoms with van der Waals surface area (Å²) in [5.74, 6) is 0.290. The highest BCUT2D eigenvalue weighted by molar-refractivity contribution is 6.01. The molecule has 33 heavy (non-hydrogen) atoms. The molecule has 5 heterocycles. The lowest BCUT2D eigenvalue weighted by atomic mass is 10.0. The van der Waals surface area contributed by atoms with Crippen LogP contribution in [0.1, 0.15) is 34.8 Å². The Morgan fingerprint density at radius 1 is 1.06 bits per heavy atom. The fourth-order valence-electron chi connectivity index (χ4n) is 6.05. The summed E-state index contributed by atoms with van der Waals surface area (Å²) >= 11 is 0. The van der Waals surface area contributed by atoms with Crippen LogP contribution in [0.5, 0.6) is 0 Å². The molecule has 2 aromatic heterocycles. The summed E-state index contributed by atoms with van der Waals surface area (Å²) in [5.41, 5.74) is 2.61. The molecule has 172 valence electrons. The van der Waals surface area contributed by atoms with Crippen molar-refractivity contribution in [2.75, 3.05) is 44.7 Å². The second-order valence-electron chi connectivity index (χ2n) is 9.74. The number of carbonyl (C=O) groups is 1. The molecule has 3 saturated heterocycles. The van der Waals surface area contributed by atoms with Gasteiger partial charge in [0.25, 0.3) is 5.91 Å². The number of hydrogen-bond acceptors (Lipinski definition) is 4. The Bertz CT molecular complexity index is 1210. The Kier molecular flexibility index (Phi) is 4.87. The maximum Gasteiger partial charge on any atom is 0.257 e. The van der Waals surface area contributed by atoms with Gasteiger partial charge < -0.3 is 14.7 Å². The smallest absolute Gasteiger partial charge is 0.257 e. The fraction of sp³-hybridized carbons (Fsp3) is 0.440. The van der Waals surface area contributed by atoms with Crippen molar-refractivity contribution < 1.29 is 13.6 Å². The minimum Gasteiger partial charge on any atom is -0.364 e. The van der Waals surface area contributed by atoms with Gasteiger partial charge in [0.05, 0.1) is 23.3 Å². The maximum atomic E-state index is 14.5. The minimum absolute atomic E-state index is 0.0216. The number of aromatic nitrogens is 2. The van der Waals surface area contributed by atoms with Gasteiger partial charge in [0.2, 0.25) is 0 Å². The van der Waals surface area contributed by atoms with Crippen molar-refractivity contribution in [3.05, 3.63) is 65.5 Å². The quantitative estimate of drug-likeness (QED) is 0.611. The first kappa shape index (κ1) is 20.6. The Balaban J connectivity index is 1.30. The van der Waals surface area contributed by atoms with Gasteiger partial charge in [-0.3, -0.25) is 4.79 Å². The molecule has 1 amide bonds. The first-order valence-electron chi connectivity index (χ1n) is 11.6. The monoisotopic (exact) mass is 451 g/mol. The van der Waals surface area contributed by atoms with Crippen LogP contribution < -0.4 is 4.90 Å². The Labute approximate surface area is 191 Å². The number of pyridine rings is 1. The second kappa shape index (κ2) is 7.80. The van der Waals surface area contributed by atoms with Gasteiger partial charge in [0.15, 0.2) is 0 Å². The molecule has 0 aliphatic carbocycles. The highest BCUT2D eigenvalue weighted by atomic mass is 19.1. The van der Waals surface area contributed by atoms with Gasteiger partial charge in [0, 0.05) is 50.2 Å². The van der Waals surface area contributed by atoms with Crippen LogP contribution in [0.25, 0.3) is 5.52 Å². The normalized spacial score (nSPS) is 25.4. The first-order chi connectivity index (χ1) is 16.0. The topological polar surface area (TPSA) is 44.1 Å². The number of anilines is 1. The zero-order valence-electron chi connectivity index (χ0n) is 18.6. The van der Waals surface area contributed by atoms with E-state index in [1.54, 1.807) is 10.7 Å². The maximum absolute atomic E-state index is 14.5. The lowest BCUT2D eigenvalue weighted by Crippen LogP contribution is -2.32. The number of halogens is 2. The summed E-state index contributed by atoms with van der Waals surface area (Å²) in [5, 5.41) is 4.40. The average Bonchev–Trinajstić information content (AvgIpc) is 3.56. The van der Waals surface area contributed by atoms with Crippen LogP contribution in [0.2, 0.25) is 0 Å². The summed E-state index contributed by atoms with van der Waals surface area (Å²) in [6.45, 7) is 4.41. The third-order valence-electron chi connectivity index (χ3n) is 7.59. The summed E-state index contributed by atoms with van der Waals surface area (Å²) < 4.78 is 30.1. The van der Waals surface area contributed by atoms with E-state index in [9.17, 15) is 13.6 Å². The van der Waals surface area contributed by atoms with Crippen LogP contribution in [-0.4, -0.2) is 65.1 Å². The number of carbonyl (C=O) groups excluding carboxylic acids is 1. The number of likely N-dealkylation sites (tertiary alicyclic amines) is 2. The molecule has 3 fully saturated rings. The number of rotatable bonds is 3. The van der Waals surface area contributed by atoms with Crippen LogP contribution in [0, 0.1) is 23.5 Å². The Morgan fingerprint density at radius 2 is 1.85 bits per heavy atom. The summed E-state index contributed by atoms with van der Waals surface area (Å²) in [6.07, 6.45) is 5.13. The van der Waals surface area contributed by atoms with E-state index in [0.717, 1.165) is 62.8 Å². The fourth-order valence-corrected chi connectivity index (χ4v) is 6.05. The SMILES string of the molecule is CN1CC2CN(C(=O)c3cnn4ccc(N5CCC[C@@H]5c5cc(F)ccc5F)cc34)CC2C1. The van der Waals surface area contributed by atoms with E-state index >= 15 is 0 Å². The van der Waals surface area contributed by atoms with Crippen LogP contribution in [0.3, 0.4) is 0 Å². The zero-order valence-corrected chi connectivity index (χ0v) is 18.6. The average molecular weight is 452 g/mol. The van der Waals surface area contributed by atoms with Gasteiger partial charge in [-0.25, -0.2) is 13.3 Å². The van der Waals surface area contributed by atoms with E-state index in [-0.39, 0.29) is 17.8 Å². The Hall–Kier alpha value is -3.00. The minimum atomic E-state index is -0.432. The number of fused-ring (bicyclic) bond motifs is 2. The molecule has 2 unspecified atom stereocenters. The number of amides is 1. The molecule has 3 aliphatic heterocycles. The van der Waals surface area contributed by atoms with Crippen LogP contribution in [0.4, 0.5) is 14.5 Å². The van der Waals surface area contributed by atoms with E-state index in [2.05, 4.69) is 21.9 Å². The van der Waals surface area contributed by atoms with Crippen LogP contribution in [0.15, 0.2) is 42.7 Å². The van der Waals surface area contributed by atoms with Crippen molar-refractivity contribution in [1.29, 1.82) is 0 Å². The van der Waals surface area contributed by atoms with E-state index in [0.29, 0.717) is 23.0 Å². The predicted molar refractivity (Wildman–Crippen MR) is 121 cm³/mol. The molecule has 3 atom stereocenters. The third-order valence-corrected chi connectivity index (χ3v) is 7.59. The highest BCUT2D eigenvalue weighted by Crippen LogP contribution is 2.38. The molecule has 0 saturated carbocycles. The van der Waals surface area contributed by atoms with Crippen molar-refractivity contribution >= 4 is 17.1 Å². The van der Waals surface area contributed by atoms with Crippen molar-refractivity contribution in [3.63, 3.8) is 0 Å². The molecule has 6 nitrogen and oxygen atoms in total. The lowest BCUT2D eigenvalue weighted by molar-refractivity contribution is 0.0778. The summed E-state index contributed by atoms with van der Waals surface area (Å²) in [7, 11) is 2.14. The number of benzene rings is 1. The van der Waals surface area contributed by atoms with Crippen molar-refractivity contribution in [1.82, 2.24) is 19.4 Å². The van der Waals surface area contributed by atoms with E-state index in [4.69, 9.17) is 0 Å². The van der Waals surface area contributed by atoms with E-state index in [1.807, 2.05) is 23.2 Å². The largest absolute Gasteiger partial charge is 0.364 e. The number of nitrogens with zero attached hydrogens (tertiary/aromatic N) is 5. The molecular formula is C25H27F2N5O. The molecule has 8 heteroatoms. The standard InChI is InChI=1S/C25H27F2N5O/c1-29-12-16-14-30(15-17(16)13-29)25(33)21-11-28-32-8-6-19(10-24(21)32)31-7-2-3-23(31)20-9-18(26)4-5-22(20)27/h4-6,8-11,16-17,23H,2-3,7,12-15H2,1H3/t16?,17?,23-/m1/s1. The van der Waals surface area contributed by atoms with Crippen molar-refractivity contribution in [2.24, 2.45) is 11.8 Å². The zero-order chi connectivity index (χ0) is 22.7. The van der Waals surface area contributed by atoms with E-state index < -0.39 is 5.82 Å². The molecule has 1 aromatic carbocycles. The van der Waals surface area contributed by atoms with Gasteiger partial charge in [0.1, 0.15) is 11.6 Å². The van der Waals surface area contributed by atoms with Gasteiger partial charge in [-0.2, -0.15) is 5.10 Å². The second-order valence-corrected chi connectivity index (χ2v) is 9.74. The van der Waals surface area contributed by atoms with Crippen LogP contribution in [-0.2, 0) is 0 Å². The molecule has 0 bridgehead atoms. The summed E-state index contributed by atoms with van der Waals surface area (Å²) in [6, 6.07) is 7.30. The molecule has 3 aromatic rings. The van der Waals surface area contributed by atoms with Gasteiger partial charge >= 0.3 is 0 Å². The van der Waals surface area contributed by atoms with Crippen molar-refractivity contribution in [3.8, 4) is 0 Å².